The highest BCUT2D eigenvalue weighted by Gasteiger charge is 2.22. The molecule has 0 aromatic rings. The zero-order valence-corrected chi connectivity index (χ0v) is 14.5. The molecule has 4 nitrogen and oxygen atoms in total. The Kier molecular flexibility index (Phi) is 8.15. The van der Waals surface area contributed by atoms with Gasteiger partial charge in [0, 0.05) is 19.8 Å². The van der Waals surface area contributed by atoms with Crippen molar-refractivity contribution in [3.63, 3.8) is 0 Å². The molecule has 0 spiro atoms. The second-order valence-corrected chi connectivity index (χ2v) is 7.40. The monoisotopic (exact) mass is 314 g/mol. The van der Waals surface area contributed by atoms with E-state index in [1.165, 1.54) is 32.1 Å². The van der Waals surface area contributed by atoms with E-state index in [0.29, 0.717) is 0 Å². The van der Waals surface area contributed by atoms with E-state index in [9.17, 15) is 0 Å². The molecule has 0 aromatic carbocycles. The van der Waals surface area contributed by atoms with Crippen LogP contribution in [0.15, 0.2) is 0 Å². The minimum absolute atomic E-state index is 0.0276. The first-order valence-corrected chi connectivity index (χ1v) is 9.12. The van der Waals surface area contributed by atoms with Crippen LogP contribution in [-0.2, 0) is 18.9 Å². The maximum absolute atomic E-state index is 5.93. The molecule has 130 valence electrons. The lowest BCUT2D eigenvalue weighted by Gasteiger charge is -2.29. The lowest BCUT2D eigenvalue weighted by Crippen LogP contribution is -2.28. The molecule has 2 heterocycles. The van der Waals surface area contributed by atoms with Gasteiger partial charge in [0.2, 0.25) is 0 Å². The van der Waals surface area contributed by atoms with Gasteiger partial charge in [-0.1, -0.05) is 20.3 Å². The molecule has 0 bridgehead atoms. The van der Waals surface area contributed by atoms with Crippen molar-refractivity contribution in [1.82, 2.24) is 0 Å². The topological polar surface area (TPSA) is 36.9 Å². The van der Waals surface area contributed by atoms with Gasteiger partial charge >= 0.3 is 0 Å². The third-order valence-electron chi connectivity index (χ3n) is 4.49. The van der Waals surface area contributed by atoms with E-state index in [4.69, 9.17) is 18.9 Å². The fraction of sp³-hybridized carbons (Fsp3) is 1.00. The SMILES string of the molecule is CC(C)(CCCCOC1CCCCO1)COC1CCCCO1. The first kappa shape index (κ1) is 18.2. The summed E-state index contributed by atoms with van der Waals surface area (Å²) in [6.45, 7) is 7.86. The van der Waals surface area contributed by atoms with Crippen LogP contribution in [0.1, 0.15) is 71.6 Å². The molecule has 0 saturated carbocycles. The molecule has 2 rings (SSSR count). The van der Waals surface area contributed by atoms with Crippen molar-refractivity contribution in [3.05, 3.63) is 0 Å². The molecule has 2 saturated heterocycles. The highest BCUT2D eigenvalue weighted by Crippen LogP contribution is 2.26. The van der Waals surface area contributed by atoms with Crippen LogP contribution >= 0.6 is 0 Å². The zero-order valence-electron chi connectivity index (χ0n) is 14.5. The van der Waals surface area contributed by atoms with Crippen LogP contribution < -0.4 is 0 Å². The van der Waals surface area contributed by atoms with Gasteiger partial charge in [0.15, 0.2) is 12.6 Å². The predicted molar refractivity (Wildman–Crippen MR) is 86.7 cm³/mol. The van der Waals surface area contributed by atoms with Crippen molar-refractivity contribution in [2.75, 3.05) is 26.4 Å². The average molecular weight is 314 g/mol. The van der Waals surface area contributed by atoms with E-state index < -0.39 is 0 Å². The summed E-state index contributed by atoms with van der Waals surface area (Å²) in [6.07, 6.45) is 10.4. The molecule has 2 fully saturated rings. The van der Waals surface area contributed by atoms with Crippen molar-refractivity contribution >= 4 is 0 Å². The van der Waals surface area contributed by atoms with Gasteiger partial charge in [-0.3, -0.25) is 0 Å². The quantitative estimate of drug-likeness (QED) is 0.596. The predicted octanol–water partition coefficient (Wildman–Crippen LogP) is 4.27. The van der Waals surface area contributed by atoms with Gasteiger partial charge in [-0.05, 0) is 56.8 Å². The third kappa shape index (κ3) is 7.40. The normalized spacial score (nSPS) is 27.0. The highest BCUT2D eigenvalue weighted by molar-refractivity contribution is 4.69. The lowest BCUT2D eigenvalue weighted by atomic mass is 9.88. The molecule has 0 aromatic heterocycles. The Morgan fingerprint density at radius 1 is 0.864 bits per heavy atom. The van der Waals surface area contributed by atoms with Crippen molar-refractivity contribution < 1.29 is 18.9 Å². The van der Waals surface area contributed by atoms with Crippen molar-refractivity contribution in [3.8, 4) is 0 Å². The summed E-state index contributed by atoms with van der Waals surface area (Å²) in [7, 11) is 0. The van der Waals surface area contributed by atoms with Crippen LogP contribution in [0, 0.1) is 5.41 Å². The molecule has 0 radical (unpaired) electrons. The second-order valence-electron chi connectivity index (χ2n) is 7.40. The molecule has 0 aliphatic carbocycles. The summed E-state index contributed by atoms with van der Waals surface area (Å²) in [5.41, 5.74) is 0.210. The van der Waals surface area contributed by atoms with Crippen molar-refractivity contribution in [1.29, 1.82) is 0 Å². The number of hydrogen-bond acceptors (Lipinski definition) is 4. The Morgan fingerprint density at radius 2 is 1.50 bits per heavy atom. The first-order chi connectivity index (χ1) is 10.7. The Balaban J connectivity index is 1.48. The van der Waals surface area contributed by atoms with Crippen LogP contribution in [0.4, 0.5) is 0 Å². The van der Waals surface area contributed by atoms with Gasteiger partial charge in [-0.15, -0.1) is 0 Å². The van der Waals surface area contributed by atoms with Crippen molar-refractivity contribution in [2.24, 2.45) is 5.41 Å². The Bertz CT molecular complexity index is 281. The van der Waals surface area contributed by atoms with Gasteiger partial charge in [-0.25, -0.2) is 0 Å². The average Bonchev–Trinajstić information content (AvgIpc) is 2.55. The largest absolute Gasteiger partial charge is 0.353 e. The van der Waals surface area contributed by atoms with Gasteiger partial charge < -0.3 is 18.9 Å². The third-order valence-corrected chi connectivity index (χ3v) is 4.49. The number of rotatable bonds is 9. The molecule has 2 aliphatic rings. The molecule has 22 heavy (non-hydrogen) atoms. The maximum atomic E-state index is 5.93. The summed E-state index contributed by atoms with van der Waals surface area (Å²) >= 11 is 0. The summed E-state index contributed by atoms with van der Waals surface area (Å²) in [5.74, 6) is 0. The molecule has 0 N–H and O–H groups in total. The van der Waals surface area contributed by atoms with E-state index in [1.54, 1.807) is 0 Å². The van der Waals surface area contributed by atoms with Gasteiger partial charge in [0.25, 0.3) is 0 Å². The van der Waals surface area contributed by atoms with Gasteiger partial charge in [0.1, 0.15) is 0 Å². The Labute approximate surface area is 135 Å². The minimum Gasteiger partial charge on any atom is -0.353 e. The summed E-state index contributed by atoms with van der Waals surface area (Å²) in [4.78, 5) is 0. The number of unbranched alkanes of at least 4 members (excludes halogenated alkanes) is 1. The second kappa shape index (κ2) is 9.86. The van der Waals surface area contributed by atoms with Crippen molar-refractivity contribution in [2.45, 2.75) is 84.2 Å². The minimum atomic E-state index is 0.0276. The number of ether oxygens (including phenoxy) is 4. The Morgan fingerprint density at radius 3 is 2.09 bits per heavy atom. The molecule has 0 amide bonds. The molecular weight excluding hydrogens is 280 g/mol. The summed E-state index contributed by atoms with van der Waals surface area (Å²) in [6, 6.07) is 0. The standard InChI is InChI=1S/C18H34O4/c1-18(2,15-22-17-10-4-7-13-21-17)11-5-8-14-20-16-9-3-6-12-19-16/h16-17H,3-15H2,1-2H3. The molecule has 2 atom stereocenters. The molecule has 4 heteroatoms. The fourth-order valence-corrected chi connectivity index (χ4v) is 3.00. The van der Waals surface area contributed by atoms with Crippen LogP contribution in [0.5, 0.6) is 0 Å². The lowest BCUT2D eigenvalue weighted by molar-refractivity contribution is -0.177. The molecule has 2 aliphatic heterocycles. The summed E-state index contributed by atoms with van der Waals surface area (Å²) < 4.78 is 22.9. The Hall–Kier alpha value is -0.160. The van der Waals surface area contributed by atoms with Crippen LogP contribution in [-0.4, -0.2) is 39.0 Å². The summed E-state index contributed by atoms with van der Waals surface area (Å²) in [5, 5.41) is 0. The number of hydrogen-bond donors (Lipinski definition) is 0. The molecule has 2 unspecified atom stereocenters. The highest BCUT2D eigenvalue weighted by atomic mass is 16.7. The van der Waals surface area contributed by atoms with E-state index in [1.807, 2.05) is 0 Å². The van der Waals surface area contributed by atoms with E-state index in [2.05, 4.69) is 13.8 Å². The van der Waals surface area contributed by atoms with Crippen LogP contribution in [0.3, 0.4) is 0 Å². The zero-order chi connectivity index (χ0) is 15.7. The van der Waals surface area contributed by atoms with Crippen LogP contribution in [0.25, 0.3) is 0 Å². The van der Waals surface area contributed by atoms with Crippen LogP contribution in [0.2, 0.25) is 0 Å². The van der Waals surface area contributed by atoms with E-state index in [-0.39, 0.29) is 18.0 Å². The van der Waals surface area contributed by atoms with Gasteiger partial charge in [-0.2, -0.15) is 0 Å². The smallest absolute Gasteiger partial charge is 0.157 e. The molecular formula is C18H34O4. The fourth-order valence-electron chi connectivity index (χ4n) is 3.00. The van der Waals surface area contributed by atoms with Gasteiger partial charge in [0.05, 0.1) is 6.61 Å². The van der Waals surface area contributed by atoms with E-state index in [0.717, 1.165) is 52.1 Å². The first-order valence-electron chi connectivity index (χ1n) is 9.12. The maximum Gasteiger partial charge on any atom is 0.157 e. The van der Waals surface area contributed by atoms with E-state index >= 15 is 0 Å².